The second-order valence-electron chi connectivity index (χ2n) is 6.47. The zero-order valence-corrected chi connectivity index (χ0v) is 14.2. The molecule has 0 radical (unpaired) electrons. The van der Waals surface area contributed by atoms with Crippen molar-refractivity contribution in [3.8, 4) is 0 Å². The van der Waals surface area contributed by atoms with Crippen LogP contribution in [-0.2, 0) is 14.3 Å². The van der Waals surface area contributed by atoms with Crippen molar-refractivity contribution in [1.82, 2.24) is 4.90 Å². The van der Waals surface area contributed by atoms with Gasteiger partial charge in [0.25, 0.3) is 5.91 Å². The number of esters is 1. The van der Waals surface area contributed by atoms with Gasteiger partial charge in [-0.05, 0) is 32.4 Å². The first-order valence-corrected chi connectivity index (χ1v) is 8.38. The van der Waals surface area contributed by atoms with Gasteiger partial charge in [-0.1, -0.05) is 19.1 Å². The largest absolute Gasteiger partial charge is 0.463 e. The van der Waals surface area contributed by atoms with Crippen LogP contribution in [-0.4, -0.2) is 41.0 Å². The predicted octanol–water partition coefficient (Wildman–Crippen LogP) is 2.33. The van der Waals surface area contributed by atoms with E-state index in [1.807, 2.05) is 20.8 Å². The van der Waals surface area contributed by atoms with E-state index in [0.717, 1.165) is 0 Å². The summed E-state index contributed by atoms with van der Waals surface area (Å²) in [5.74, 6) is -0.916. The Bertz CT molecular complexity index is 700. The van der Waals surface area contributed by atoms with Gasteiger partial charge >= 0.3 is 5.97 Å². The summed E-state index contributed by atoms with van der Waals surface area (Å²) in [6.45, 7) is 5.87. The summed E-state index contributed by atoms with van der Waals surface area (Å²) in [4.78, 5) is 41.6. The number of hydrogen-bond acceptors (Lipinski definition) is 4. The zero-order chi connectivity index (χ0) is 17.5. The van der Waals surface area contributed by atoms with E-state index in [-0.39, 0.29) is 37.3 Å². The molecule has 1 saturated heterocycles. The van der Waals surface area contributed by atoms with E-state index in [0.29, 0.717) is 17.7 Å². The maximum Gasteiger partial charge on any atom is 0.353 e. The third-order valence-electron chi connectivity index (χ3n) is 4.58. The van der Waals surface area contributed by atoms with E-state index < -0.39 is 11.6 Å². The Labute approximate surface area is 141 Å². The fourth-order valence-electron chi connectivity index (χ4n) is 3.68. The Balaban J connectivity index is 2.21. The smallest absolute Gasteiger partial charge is 0.353 e. The highest BCUT2D eigenvalue weighted by atomic mass is 16.5. The molecule has 0 aromatic heterocycles. The Morgan fingerprint density at radius 1 is 1.29 bits per heavy atom. The topological polar surface area (TPSA) is 66.9 Å². The number of rotatable bonds is 4. The number of carbonyl (C=O) groups is 3. The number of nitrogens with zero attached hydrogens (tertiary/aromatic N) is 2. The fraction of sp³-hybridized carbons (Fsp3) is 0.500. The molecule has 0 aliphatic carbocycles. The van der Waals surface area contributed by atoms with Gasteiger partial charge < -0.3 is 9.64 Å². The molecule has 1 aromatic rings. The summed E-state index contributed by atoms with van der Waals surface area (Å²) >= 11 is 0. The van der Waals surface area contributed by atoms with Crippen molar-refractivity contribution < 1.29 is 19.1 Å². The van der Waals surface area contributed by atoms with Gasteiger partial charge in [0.1, 0.15) is 0 Å². The van der Waals surface area contributed by atoms with E-state index in [1.54, 1.807) is 24.3 Å². The van der Waals surface area contributed by atoms with Crippen LogP contribution in [0.15, 0.2) is 24.3 Å². The fourth-order valence-corrected chi connectivity index (χ4v) is 3.68. The number of fused-ring (bicyclic) bond motifs is 3. The van der Waals surface area contributed by atoms with Gasteiger partial charge in [-0.25, -0.2) is 4.79 Å². The van der Waals surface area contributed by atoms with Crippen molar-refractivity contribution in [2.75, 3.05) is 11.5 Å². The number of para-hydroxylation sites is 1. The molecular weight excluding hydrogens is 308 g/mol. The Morgan fingerprint density at radius 3 is 2.67 bits per heavy atom. The average Bonchev–Trinajstić information content (AvgIpc) is 2.91. The second-order valence-corrected chi connectivity index (χ2v) is 6.47. The van der Waals surface area contributed by atoms with Crippen LogP contribution in [0.4, 0.5) is 5.69 Å². The molecule has 6 nitrogen and oxygen atoms in total. The molecule has 1 unspecified atom stereocenters. The molecule has 2 heterocycles. The maximum absolute atomic E-state index is 13.1. The minimum absolute atomic E-state index is 0.158. The molecule has 6 heteroatoms. The Hall–Kier alpha value is -2.37. The first-order chi connectivity index (χ1) is 11.4. The van der Waals surface area contributed by atoms with Crippen LogP contribution in [0.5, 0.6) is 0 Å². The summed E-state index contributed by atoms with van der Waals surface area (Å²) in [6.07, 6.45) is 1.15. The van der Waals surface area contributed by atoms with Crippen molar-refractivity contribution >= 4 is 23.5 Å². The van der Waals surface area contributed by atoms with Crippen molar-refractivity contribution in [3.05, 3.63) is 29.8 Å². The SMILES string of the molecule is CCCOC(=O)C12CCC(=O)N1c1ccccc1C(=O)N2C(C)C. The van der Waals surface area contributed by atoms with Crippen molar-refractivity contribution in [1.29, 1.82) is 0 Å². The molecule has 1 aromatic carbocycles. The molecule has 2 amide bonds. The monoisotopic (exact) mass is 330 g/mol. The third kappa shape index (κ3) is 2.12. The lowest BCUT2D eigenvalue weighted by Crippen LogP contribution is -2.70. The highest BCUT2D eigenvalue weighted by Crippen LogP contribution is 2.45. The summed E-state index contributed by atoms with van der Waals surface area (Å²) in [7, 11) is 0. The summed E-state index contributed by atoms with van der Waals surface area (Å²) in [5.41, 5.74) is -0.429. The van der Waals surface area contributed by atoms with E-state index in [1.165, 1.54) is 9.80 Å². The second kappa shape index (κ2) is 5.92. The standard InChI is InChI=1S/C18H22N2O4/c1-4-11-24-17(23)18-10-9-15(21)20(18)14-8-6-5-7-13(14)16(22)19(18)12(2)3/h5-8,12H,4,9-11H2,1-3H3. The molecule has 128 valence electrons. The number of anilines is 1. The lowest BCUT2D eigenvalue weighted by molar-refractivity contribution is -0.158. The molecular formula is C18H22N2O4. The maximum atomic E-state index is 13.1. The highest BCUT2D eigenvalue weighted by Gasteiger charge is 2.62. The highest BCUT2D eigenvalue weighted by molar-refractivity contribution is 6.15. The minimum Gasteiger partial charge on any atom is -0.463 e. The molecule has 1 atom stereocenters. The van der Waals surface area contributed by atoms with Crippen LogP contribution in [0, 0.1) is 0 Å². The lowest BCUT2D eigenvalue weighted by atomic mass is 9.95. The van der Waals surface area contributed by atoms with E-state index >= 15 is 0 Å². The van der Waals surface area contributed by atoms with Crippen LogP contribution in [0.2, 0.25) is 0 Å². The van der Waals surface area contributed by atoms with E-state index in [9.17, 15) is 14.4 Å². The van der Waals surface area contributed by atoms with Gasteiger partial charge in [0, 0.05) is 18.9 Å². The third-order valence-corrected chi connectivity index (χ3v) is 4.58. The van der Waals surface area contributed by atoms with Gasteiger partial charge in [-0.2, -0.15) is 0 Å². The van der Waals surface area contributed by atoms with Gasteiger partial charge in [0.2, 0.25) is 11.6 Å². The molecule has 0 bridgehead atoms. The van der Waals surface area contributed by atoms with Crippen LogP contribution < -0.4 is 4.90 Å². The van der Waals surface area contributed by atoms with Crippen LogP contribution in [0.1, 0.15) is 50.4 Å². The lowest BCUT2D eigenvalue weighted by Gasteiger charge is -2.50. The number of carbonyl (C=O) groups excluding carboxylic acids is 3. The molecule has 0 spiro atoms. The van der Waals surface area contributed by atoms with Gasteiger partial charge in [0.15, 0.2) is 0 Å². The first-order valence-electron chi connectivity index (χ1n) is 8.38. The van der Waals surface area contributed by atoms with Crippen molar-refractivity contribution in [2.45, 2.75) is 51.7 Å². The zero-order valence-electron chi connectivity index (χ0n) is 14.2. The van der Waals surface area contributed by atoms with Crippen LogP contribution in [0.3, 0.4) is 0 Å². The molecule has 24 heavy (non-hydrogen) atoms. The van der Waals surface area contributed by atoms with Crippen molar-refractivity contribution in [3.63, 3.8) is 0 Å². The molecule has 0 N–H and O–H groups in total. The number of benzene rings is 1. The van der Waals surface area contributed by atoms with E-state index in [4.69, 9.17) is 4.74 Å². The molecule has 2 aliphatic heterocycles. The molecule has 1 fully saturated rings. The number of ether oxygens (including phenoxy) is 1. The average molecular weight is 330 g/mol. The Morgan fingerprint density at radius 2 is 2.00 bits per heavy atom. The van der Waals surface area contributed by atoms with Crippen molar-refractivity contribution in [2.24, 2.45) is 0 Å². The number of hydrogen-bond donors (Lipinski definition) is 0. The predicted molar refractivity (Wildman–Crippen MR) is 88.4 cm³/mol. The molecule has 2 aliphatic rings. The van der Waals surface area contributed by atoms with Gasteiger partial charge in [0.05, 0.1) is 17.9 Å². The van der Waals surface area contributed by atoms with Gasteiger partial charge in [-0.15, -0.1) is 0 Å². The number of amides is 2. The van der Waals surface area contributed by atoms with Crippen LogP contribution in [0.25, 0.3) is 0 Å². The molecule has 0 saturated carbocycles. The van der Waals surface area contributed by atoms with E-state index in [2.05, 4.69) is 0 Å². The summed E-state index contributed by atoms with van der Waals surface area (Å²) in [6, 6.07) is 6.70. The Kier molecular flexibility index (Phi) is 4.07. The quantitative estimate of drug-likeness (QED) is 0.795. The summed E-state index contributed by atoms with van der Waals surface area (Å²) in [5, 5.41) is 0. The van der Waals surface area contributed by atoms with Gasteiger partial charge in [-0.3, -0.25) is 14.5 Å². The summed E-state index contributed by atoms with van der Waals surface area (Å²) < 4.78 is 5.40. The minimum atomic E-state index is -1.37. The first kappa shape index (κ1) is 16.5. The molecule has 3 rings (SSSR count). The van der Waals surface area contributed by atoms with Crippen LogP contribution >= 0.6 is 0 Å². The normalized spacial score (nSPS) is 22.7.